The highest BCUT2D eigenvalue weighted by molar-refractivity contribution is 5.77. The Balaban J connectivity index is 1.10. The molecule has 0 aliphatic heterocycles. The van der Waals surface area contributed by atoms with Gasteiger partial charge in [0.1, 0.15) is 0 Å². The first-order valence-corrected chi connectivity index (χ1v) is 13.6. The molecule has 2 nitrogen and oxygen atoms in total. The SMILES string of the molecule is C(=C\c1cccc2cc(-c3ccccc3)cn12)/c1ccc(/C=C/c2cccc3cc(-c4ccccc4)cn23)cc1. The van der Waals surface area contributed by atoms with Crippen LogP contribution in [0.1, 0.15) is 22.5 Å². The van der Waals surface area contributed by atoms with Crippen molar-refractivity contribution in [2.45, 2.75) is 0 Å². The number of fused-ring (bicyclic) bond motifs is 2. The topological polar surface area (TPSA) is 8.82 Å². The summed E-state index contributed by atoms with van der Waals surface area (Å²) in [6.07, 6.45) is 13.2. The second-order valence-corrected chi connectivity index (χ2v) is 10.0. The number of aromatic nitrogens is 2. The van der Waals surface area contributed by atoms with E-state index in [-0.39, 0.29) is 0 Å². The molecule has 0 saturated heterocycles. The molecule has 0 fully saturated rings. The van der Waals surface area contributed by atoms with Crippen LogP contribution in [0.2, 0.25) is 0 Å². The van der Waals surface area contributed by atoms with Crippen LogP contribution >= 0.6 is 0 Å². The van der Waals surface area contributed by atoms with Gasteiger partial charge in [-0.1, -0.05) is 109 Å². The first-order chi connectivity index (χ1) is 19.8. The summed E-state index contributed by atoms with van der Waals surface area (Å²) in [5, 5.41) is 0. The van der Waals surface area contributed by atoms with E-state index < -0.39 is 0 Å². The van der Waals surface area contributed by atoms with Crippen LogP contribution in [0, 0.1) is 0 Å². The zero-order valence-electron chi connectivity index (χ0n) is 22.1. The van der Waals surface area contributed by atoms with Crippen LogP contribution in [0.4, 0.5) is 0 Å². The van der Waals surface area contributed by atoms with Crippen molar-refractivity contribution < 1.29 is 0 Å². The molecule has 0 aliphatic carbocycles. The molecule has 0 saturated carbocycles. The van der Waals surface area contributed by atoms with E-state index >= 15 is 0 Å². The maximum Gasteiger partial charge on any atom is 0.0462 e. The minimum atomic E-state index is 1.15. The van der Waals surface area contributed by atoms with Gasteiger partial charge in [0.2, 0.25) is 0 Å². The number of rotatable bonds is 6. The van der Waals surface area contributed by atoms with Crippen LogP contribution in [0.25, 0.3) is 57.6 Å². The molecular weight excluding hydrogens is 484 g/mol. The molecule has 0 N–H and O–H groups in total. The third-order valence-electron chi connectivity index (χ3n) is 7.37. The lowest BCUT2D eigenvalue weighted by Gasteiger charge is -2.02. The number of hydrogen-bond acceptors (Lipinski definition) is 0. The summed E-state index contributed by atoms with van der Waals surface area (Å²) >= 11 is 0. The molecule has 4 heterocycles. The summed E-state index contributed by atoms with van der Waals surface area (Å²) in [7, 11) is 0. The average Bonchev–Trinajstić information content (AvgIpc) is 3.66. The first-order valence-electron chi connectivity index (χ1n) is 13.6. The van der Waals surface area contributed by atoms with E-state index in [1.54, 1.807) is 0 Å². The second-order valence-electron chi connectivity index (χ2n) is 10.0. The second kappa shape index (κ2) is 10.4. The van der Waals surface area contributed by atoms with E-state index in [4.69, 9.17) is 0 Å². The maximum absolute atomic E-state index is 2.25. The van der Waals surface area contributed by atoms with Gasteiger partial charge in [0.25, 0.3) is 0 Å². The van der Waals surface area contributed by atoms with Crippen molar-refractivity contribution >= 4 is 35.3 Å². The van der Waals surface area contributed by atoms with E-state index in [1.165, 1.54) is 44.4 Å². The highest BCUT2D eigenvalue weighted by Crippen LogP contribution is 2.25. The van der Waals surface area contributed by atoms with Crippen LogP contribution < -0.4 is 0 Å². The van der Waals surface area contributed by atoms with E-state index in [0.717, 1.165) is 11.4 Å². The van der Waals surface area contributed by atoms with Crippen LogP contribution in [-0.2, 0) is 0 Å². The third-order valence-corrected chi connectivity index (χ3v) is 7.37. The van der Waals surface area contributed by atoms with E-state index in [0.29, 0.717) is 0 Å². The fourth-order valence-corrected chi connectivity index (χ4v) is 5.24. The normalized spacial score (nSPS) is 11.8. The number of pyridine rings is 2. The molecule has 0 bridgehead atoms. The number of hydrogen-bond donors (Lipinski definition) is 0. The molecule has 40 heavy (non-hydrogen) atoms. The molecule has 0 aliphatic rings. The van der Waals surface area contributed by atoms with Gasteiger partial charge < -0.3 is 8.80 Å². The lowest BCUT2D eigenvalue weighted by Crippen LogP contribution is -1.88. The van der Waals surface area contributed by atoms with Crippen LogP contribution in [0.15, 0.2) is 146 Å². The Labute approximate surface area is 234 Å². The standard InChI is InChI=1S/C38H28N2/c1-3-9-31(10-4-1)33-25-37-15-7-13-35(39(37)27-33)23-21-29-17-19-30(20-18-29)22-24-36-14-8-16-38-26-34(28-40(36)38)32-11-5-2-6-12-32/h1-28H/b23-21+,24-22+. The fourth-order valence-electron chi connectivity index (χ4n) is 5.24. The first kappa shape index (κ1) is 23.8. The number of nitrogens with zero attached hydrogens (tertiary/aromatic N) is 2. The van der Waals surface area contributed by atoms with E-state index in [2.05, 4.69) is 179 Å². The van der Waals surface area contributed by atoms with Gasteiger partial charge in [0.05, 0.1) is 0 Å². The summed E-state index contributed by atoms with van der Waals surface area (Å²) in [6.45, 7) is 0. The van der Waals surface area contributed by atoms with Gasteiger partial charge in [0.15, 0.2) is 0 Å². The van der Waals surface area contributed by atoms with Crippen molar-refractivity contribution in [3.63, 3.8) is 0 Å². The fraction of sp³-hybridized carbons (Fsp3) is 0. The number of benzene rings is 3. The Kier molecular flexibility index (Phi) is 6.20. The van der Waals surface area contributed by atoms with Crippen molar-refractivity contribution in [1.82, 2.24) is 8.80 Å². The molecule has 190 valence electrons. The Morgan fingerprint density at radius 2 is 0.775 bits per heavy atom. The van der Waals surface area contributed by atoms with Crippen molar-refractivity contribution in [2.75, 3.05) is 0 Å². The molecule has 0 atom stereocenters. The lowest BCUT2D eigenvalue weighted by atomic mass is 10.1. The van der Waals surface area contributed by atoms with Gasteiger partial charge in [-0.25, -0.2) is 0 Å². The quantitative estimate of drug-likeness (QED) is 0.210. The molecule has 2 heteroatoms. The molecule has 3 aromatic carbocycles. The highest BCUT2D eigenvalue weighted by Gasteiger charge is 2.05. The van der Waals surface area contributed by atoms with Gasteiger partial charge in [-0.05, 0) is 70.8 Å². The minimum absolute atomic E-state index is 1.15. The van der Waals surface area contributed by atoms with Gasteiger partial charge in [-0.15, -0.1) is 0 Å². The zero-order chi connectivity index (χ0) is 26.7. The summed E-state index contributed by atoms with van der Waals surface area (Å²) in [4.78, 5) is 0. The van der Waals surface area contributed by atoms with Crippen molar-refractivity contribution in [1.29, 1.82) is 0 Å². The lowest BCUT2D eigenvalue weighted by molar-refractivity contribution is 1.17. The molecule has 7 rings (SSSR count). The smallest absolute Gasteiger partial charge is 0.0462 e. The van der Waals surface area contributed by atoms with Gasteiger partial charge in [0, 0.05) is 45.9 Å². The summed E-state index contributed by atoms with van der Waals surface area (Å²) in [5.41, 5.74) is 11.9. The molecule has 0 amide bonds. The Bertz CT molecular complexity index is 1820. The Hall–Kier alpha value is -5.34. The summed E-state index contributed by atoms with van der Waals surface area (Å²) in [5.74, 6) is 0. The predicted octanol–water partition coefficient (Wildman–Crippen LogP) is 9.87. The molecular formula is C38H28N2. The van der Waals surface area contributed by atoms with Crippen LogP contribution in [0.3, 0.4) is 0 Å². The predicted molar refractivity (Wildman–Crippen MR) is 170 cm³/mol. The van der Waals surface area contributed by atoms with Crippen LogP contribution in [0.5, 0.6) is 0 Å². The molecule has 0 unspecified atom stereocenters. The summed E-state index contributed by atoms with van der Waals surface area (Å²) < 4.78 is 4.50. The van der Waals surface area contributed by atoms with Crippen molar-refractivity contribution in [3.05, 3.63) is 168 Å². The van der Waals surface area contributed by atoms with Gasteiger partial charge in [-0.2, -0.15) is 0 Å². The third kappa shape index (κ3) is 4.79. The monoisotopic (exact) mass is 512 g/mol. The molecule has 4 aromatic heterocycles. The summed E-state index contributed by atoms with van der Waals surface area (Å²) in [6, 6.07) is 47.1. The highest BCUT2D eigenvalue weighted by atomic mass is 14.9. The van der Waals surface area contributed by atoms with Gasteiger partial charge in [-0.3, -0.25) is 0 Å². The maximum atomic E-state index is 2.25. The van der Waals surface area contributed by atoms with E-state index in [1.807, 2.05) is 0 Å². The minimum Gasteiger partial charge on any atom is -0.317 e. The molecule has 7 aromatic rings. The average molecular weight is 513 g/mol. The van der Waals surface area contributed by atoms with Crippen LogP contribution in [-0.4, -0.2) is 8.80 Å². The Morgan fingerprint density at radius 1 is 0.350 bits per heavy atom. The Morgan fingerprint density at radius 3 is 1.20 bits per heavy atom. The van der Waals surface area contributed by atoms with E-state index in [9.17, 15) is 0 Å². The van der Waals surface area contributed by atoms with Crippen molar-refractivity contribution in [2.24, 2.45) is 0 Å². The largest absolute Gasteiger partial charge is 0.317 e. The molecule has 0 spiro atoms. The zero-order valence-corrected chi connectivity index (χ0v) is 22.1. The van der Waals surface area contributed by atoms with Gasteiger partial charge >= 0.3 is 0 Å². The van der Waals surface area contributed by atoms with Crippen molar-refractivity contribution in [3.8, 4) is 22.3 Å². The molecule has 0 radical (unpaired) electrons.